The van der Waals surface area contributed by atoms with Gasteiger partial charge in [0.05, 0.1) is 11.8 Å². The van der Waals surface area contributed by atoms with Crippen LogP contribution < -0.4 is 10.0 Å². The number of rotatable bonds is 5. The van der Waals surface area contributed by atoms with Crippen molar-refractivity contribution in [3.63, 3.8) is 0 Å². The van der Waals surface area contributed by atoms with E-state index < -0.39 is 10.0 Å². The van der Waals surface area contributed by atoms with E-state index in [4.69, 9.17) is 0 Å². The van der Waals surface area contributed by atoms with E-state index in [2.05, 4.69) is 10.0 Å². The molecule has 5 nitrogen and oxygen atoms in total. The highest BCUT2D eigenvalue weighted by molar-refractivity contribution is 7.89. The van der Waals surface area contributed by atoms with E-state index >= 15 is 0 Å². The summed E-state index contributed by atoms with van der Waals surface area (Å²) in [4.78, 5) is 0.322. The van der Waals surface area contributed by atoms with Gasteiger partial charge < -0.3 is 10.4 Å². The quantitative estimate of drug-likeness (QED) is 0.775. The van der Waals surface area contributed by atoms with Crippen molar-refractivity contribution in [1.29, 1.82) is 0 Å². The molecule has 3 N–H and O–H groups in total. The Morgan fingerprint density at radius 1 is 0.952 bits per heavy atom. The lowest BCUT2D eigenvalue weighted by atomic mass is 9.93. The van der Waals surface area contributed by atoms with Crippen molar-refractivity contribution in [3.05, 3.63) is 24.3 Å². The molecule has 0 amide bonds. The molecule has 116 valence electrons. The van der Waals surface area contributed by atoms with E-state index in [0.29, 0.717) is 10.6 Å². The zero-order valence-corrected chi connectivity index (χ0v) is 12.8. The molecule has 0 unspecified atom stereocenters. The first-order valence-corrected chi connectivity index (χ1v) is 9.09. The van der Waals surface area contributed by atoms with Crippen molar-refractivity contribution >= 4 is 15.7 Å². The first-order valence-electron chi connectivity index (χ1n) is 7.60. The summed E-state index contributed by atoms with van der Waals surface area (Å²) >= 11 is 0. The molecule has 0 spiro atoms. The van der Waals surface area contributed by atoms with Gasteiger partial charge in [-0.3, -0.25) is 0 Å². The van der Waals surface area contributed by atoms with Gasteiger partial charge >= 0.3 is 0 Å². The molecule has 0 saturated heterocycles. The van der Waals surface area contributed by atoms with Gasteiger partial charge in [0.1, 0.15) is 4.90 Å². The minimum atomic E-state index is -3.45. The summed E-state index contributed by atoms with van der Waals surface area (Å²) in [6.45, 7) is 0. The molecule has 2 saturated carbocycles. The maximum Gasteiger partial charge on any atom is 0.242 e. The summed E-state index contributed by atoms with van der Waals surface area (Å²) in [6, 6.07) is 7.38. The molecular weight excluding hydrogens is 288 g/mol. The van der Waals surface area contributed by atoms with E-state index in [9.17, 15) is 13.5 Å². The Morgan fingerprint density at radius 3 is 2.24 bits per heavy atom. The number of nitrogens with one attached hydrogen (secondary N) is 2. The van der Waals surface area contributed by atoms with E-state index in [1.54, 1.807) is 12.1 Å². The summed E-state index contributed by atoms with van der Waals surface area (Å²) in [5.41, 5.74) is 0.659. The number of sulfonamides is 1. The van der Waals surface area contributed by atoms with Crippen LogP contribution in [0, 0.1) is 0 Å². The van der Waals surface area contributed by atoms with E-state index in [1.165, 1.54) is 0 Å². The summed E-state index contributed by atoms with van der Waals surface area (Å²) in [5.74, 6) is 0. The first kappa shape index (κ1) is 14.8. The van der Waals surface area contributed by atoms with E-state index in [-0.39, 0.29) is 18.2 Å². The normalized spacial score (nSPS) is 26.5. The van der Waals surface area contributed by atoms with Gasteiger partial charge in [-0.2, -0.15) is 0 Å². The van der Waals surface area contributed by atoms with Crippen LogP contribution in [0.4, 0.5) is 5.69 Å². The second-order valence-electron chi connectivity index (χ2n) is 6.04. The second kappa shape index (κ2) is 5.94. The first-order chi connectivity index (χ1) is 10.0. The number of benzene rings is 1. The Balaban J connectivity index is 1.76. The van der Waals surface area contributed by atoms with Crippen molar-refractivity contribution in [2.45, 2.75) is 61.6 Å². The molecule has 2 fully saturated rings. The fourth-order valence-corrected chi connectivity index (χ4v) is 4.22. The number of anilines is 1. The average molecular weight is 310 g/mol. The van der Waals surface area contributed by atoms with E-state index in [0.717, 1.165) is 38.5 Å². The minimum Gasteiger partial charge on any atom is -0.393 e. The predicted octanol–water partition coefficient (Wildman–Crippen LogP) is 1.84. The van der Waals surface area contributed by atoms with Crippen LogP contribution in [0.1, 0.15) is 38.5 Å². The molecule has 0 atom stereocenters. The zero-order chi connectivity index (χ0) is 14.9. The predicted molar refractivity (Wildman–Crippen MR) is 81.7 cm³/mol. The summed E-state index contributed by atoms with van der Waals surface area (Å²) in [6.07, 6.45) is 4.92. The van der Waals surface area contributed by atoms with Gasteiger partial charge in [0.15, 0.2) is 0 Å². The van der Waals surface area contributed by atoms with Crippen molar-refractivity contribution in [1.82, 2.24) is 4.72 Å². The largest absolute Gasteiger partial charge is 0.393 e. The molecule has 0 radical (unpaired) electrons. The van der Waals surface area contributed by atoms with Gasteiger partial charge in [0.2, 0.25) is 10.0 Å². The highest BCUT2D eigenvalue weighted by atomic mass is 32.2. The third-order valence-electron chi connectivity index (χ3n) is 4.13. The van der Waals surface area contributed by atoms with Crippen LogP contribution in [0.5, 0.6) is 0 Å². The highest BCUT2D eigenvalue weighted by Gasteiger charge is 2.30. The van der Waals surface area contributed by atoms with Crippen LogP contribution in [-0.4, -0.2) is 31.7 Å². The summed E-state index contributed by atoms with van der Waals surface area (Å²) < 4.78 is 27.5. The van der Waals surface area contributed by atoms with E-state index in [1.807, 2.05) is 12.1 Å². The average Bonchev–Trinajstić information content (AvgIpc) is 3.25. The summed E-state index contributed by atoms with van der Waals surface area (Å²) in [5, 5.41) is 12.9. The fourth-order valence-electron chi connectivity index (χ4n) is 2.74. The Labute approximate surface area is 125 Å². The van der Waals surface area contributed by atoms with Gasteiger partial charge in [-0.05, 0) is 50.7 Å². The molecule has 6 heteroatoms. The number of aliphatic hydroxyl groups is 1. The van der Waals surface area contributed by atoms with Crippen molar-refractivity contribution in [3.8, 4) is 0 Å². The van der Waals surface area contributed by atoms with Crippen LogP contribution >= 0.6 is 0 Å². The molecule has 3 rings (SSSR count). The number of hydrogen-bond donors (Lipinski definition) is 3. The van der Waals surface area contributed by atoms with Gasteiger partial charge in [-0.15, -0.1) is 0 Å². The minimum absolute atomic E-state index is 0.105. The monoisotopic (exact) mass is 310 g/mol. The lowest BCUT2D eigenvalue weighted by Crippen LogP contribution is -2.30. The van der Waals surface area contributed by atoms with Crippen molar-refractivity contribution in [2.24, 2.45) is 0 Å². The Kier molecular flexibility index (Phi) is 4.19. The van der Waals surface area contributed by atoms with Crippen molar-refractivity contribution in [2.75, 3.05) is 5.32 Å². The fraction of sp³-hybridized carbons (Fsp3) is 0.600. The smallest absolute Gasteiger partial charge is 0.242 e. The second-order valence-corrected chi connectivity index (χ2v) is 7.72. The molecule has 1 aromatic rings. The van der Waals surface area contributed by atoms with Crippen LogP contribution in [0.3, 0.4) is 0 Å². The zero-order valence-electron chi connectivity index (χ0n) is 12.0. The standard InChI is InChI=1S/C15H22N2O3S/c18-13-9-7-11(8-10-13)16-14-3-1-2-4-15(14)21(19,20)17-12-5-6-12/h1-4,11-13,16-18H,5-10H2. The highest BCUT2D eigenvalue weighted by Crippen LogP contribution is 2.28. The molecule has 0 bridgehead atoms. The maximum atomic E-state index is 12.4. The lowest BCUT2D eigenvalue weighted by Gasteiger charge is -2.27. The van der Waals surface area contributed by atoms with Crippen LogP contribution in [0.15, 0.2) is 29.2 Å². The molecule has 0 heterocycles. The lowest BCUT2D eigenvalue weighted by molar-refractivity contribution is 0.126. The molecular formula is C15H22N2O3S. The molecule has 1 aromatic carbocycles. The molecule has 21 heavy (non-hydrogen) atoms. The van der Waals surface area contributed by atoms with Crippen molar-refractivity contribution < 1.29 is 13.5 Å². The van der Waals surface area contributed by atoms with Gasteiger partial charge in [-0.1, -0.05) is 12.1 Å². The van der Waals surface area contributed by atoms with Crippen LogP contribution in [0.25, 0.3) is 0 Å². The third kappa shape index (κ3) is 3.75. The molecule has 0 aromatic heterocycles. The number of para-hydroxylation sites is 1. The number of hydrogen-bond acceptors (Lipinski definition) is 4. The molecule has 0 aliphatic heterocycles. The van der Waals surface area contributed by atoms with Crippen LogP contribution in [0.2, 0.25) is 0 Å². The SMILES string of the molecule is O=S(=O)(NC1CC1)c1ccccc1NC1CCC(O)CC1. The van der Waals surface area contributed by atoms with Crippen LogP contribution in [-0.2, 0) is 10.0 Å². The summed E-state index contributed by atoms with van der Waals surface area (Å²) in [7, 11) is -3.45. The van der Waals surface area contributed by atoms with Gasteiger partial charge in [-0.25, -0.2) is 13.1 Å². The maximum absolute atomic E-state index is 12.4. The molecule has 2 aliphatic rings. The third-order valence-corrected chi connectivity index (χ3v) is 5.71. The molecule has 2 aliphatic carbocycles. The topological polar surface area (TPSA) is 78.4 Å². The Hall–Kier alpha value is -1.11. The number of aliphatic hydroxyl groups excluding tert-OH is 1. The van der Waals surface area contributed by atoms with Gasteiger partial charge in [0.25, 0.3) is 0 Å². The Bertz CT molecular complexity index is 591. The Morgan fingerprint density at radius 2 is 1.57 bits per heavy atom. The van der Waals surface area contributed by atoms with Gasteiger partial charge in [0, 0.05) is 12.1 Å².